The number of hydrogen-bond donors (Lipinski definition) is 0. The van der Waals surface area contributed by atoms with E-state index in [1.54, 1.807) is 0 Å². The van der Waals surface area contributed by atoms with Crippen LogP contribution < -0.4 is 9.80 Å². The lowest BCUT2D eigenvalue weighted by Crippen LogP contribution is -2.13. The normalized spacial score (nSPS) is 11.7. The number of fused-ring (bicyclic) bond motifs is 2. The highest BCUT2D eigenvalue weighted by molar-refractivity contribution is 5.92. The number of hydrogen-bond acceptors (Lipinski definition) is 2. The van der Waals surface area contributed by atoms with Crippen molar-refractivity contribution in [3.8, 4) is 0 Å². The van der Waals surface area contributed by atoms with Crippen LogP contribution in [0.2, 0.25) is 0 Å². The molecule has 0 radical (unpaired) electrons. The van der Waals surface area contributed by atoms with Crippen LogP contribution in [0.5, 0.6) is 0 Å². The van der Waals surface area contributed by atoms with Crippen LogP contribution >= 0.6 is 0 Å². The summed E-state index contributed by atoms with van der Waals surface area (Å²) in [4.78, 5) is 4.66. The summed E-state index contributed by atoms with van der Waals surface area (Å²) in [7, 11) is 0. The van der Waals surface area contributed by atoms with Crippen LogP contribution in [0.1, 0.15) is 37.5 Å². The Bertz CT molecular complexity index is 2390. The summed E-state index contributed by atoms with van der Waals surface area (Å²) in [5.41, 5.74) is 10.5. The summed E-state index contributed by atoms with van der Waals surface area (Å²) in [5.74, 6) is 0. The van der Waals surface area contributed by atoms with Gasteiger partial charge in [0.15, 0.2) is 0 Å². The van der Waals surface area contributed by atoms with E-state index in [0.717, 1.165) is 45.3 Å². The molecular weight excluding hydrogens is 629 g/mol. The first kappa shape index (κ1) is 32.8. The van der Waals surface area contributed by atoms with Gasteiger partial charge in [-0.1, -0.05) is 148 Å². The number of rotatable bonds is 8. The molecule has 0 spiro atoms. The molecule has 0 fully saturated rings. The molecule has 0 amide bonds. The largest absolute Gasteiger partial charge is 0.311 e. The van der Waals surface area contributed by atoms with Gasteiger partial charge in [0.25, 0.3) is 0 Å². The molecule has 0 atom stereocenters. The molecule has 52 heavy (non-hydrogen) atoms. The van der Waals surface area contributed by atoms with Gasteiger partial charge in [-0.05, 0) is 116 Å². The Hall–Kier alpha value is -6.38. The molecule has 0 heterocycles. The van der Waals surface area contributed by atoms with Crippen molar-refractivity contribution in [3.63, 3.8) is 0 Å². The van der Waals surface area contributed by atoms with E-state index in [4.69, 9.17) is 0 Å². The summed E-state index contributed by atoms with van der Waals surface area (Å²) in [5, 5.41) is 4.92. The monoisotopic (exact) mass is 670 g/mol. The summed E-state index contributed by atoms with van der Waals surface area (Å²) in [6.07, 6.45) is 4.38. The second-order valence-corrected chi connectivity index (χ2v) is 14.4. The Morgan fingerprint density at radius 2 is 0.673 bits per heavy atom. The SMILES string of the molecule is CC(C)(C)c1ccc(N(c2ccccc2)c2ccc(/C=C/c3ccc(N(c4ccc5ccccc5c4)c4ccc5ccccc5c4)cc3)cc2)cc1. The number of nitrogens with zero attached hydrogens (tertiary/aromatic N) is 2. The van der Waals surface area contributed by atoms with Gasteiger partial charge >= 0.3 is 0 Å². The number of anilines is 6. The Kier molecular flexibility index (Phi) is 8.89. The Morgan fingerprint density at radius 3 is 1.12 bits per heavy atom. The minimum atomic E-state index is 0.109. The first-order valence-electron chi connectivity index (χ1n) is 18.0. The van der Waals surface area contributed by atoms with Crippen LogP contribution in [0.3, 0.4) is 0 Å². The molecule has 0 bridgehead atoms. The van der Waals surface area contributed by atoms with Crippen molar-refractivity contribution in [1.82, 2.24) is 0 Å². The molecule has 2 heteroatoms. The fraction of sp³-hybridized carbons (Fsp3) is 0.0800. The van der Waals surface area contributed by atoms with Crippen molar-refractivity contribution < 1.29 is 0 Å². The van der Waals surface area contributed by atoms with Gasteiger partial charge in [0, 0.05) is 34.1 Å². The highest BCUT2D eigenvalue weighted by Gasteiger charge is 2.17. The van der Waals surface area contributed by atoms with Gasteiger partial charge in [-0.15, -0.1) is 0 Å². The van der Waals surface area contributed by atoms with E-state index in [2.05, 4.69) is 231 Å². The molecular formula is C50H42N2. The summed E-state index contributed by atoms with van der Waals surface area (Å²) in [6, 6.07) is 67.7. The van der Waals surface area contributed by atoms with Crippen LogP contribution in [-0.2, 0) is 5.41 Å². The molecule has 8 aromatic rings. The fourth-order valence-corrected chi connectivity index (χ4v) is 6.88. The lowest BCUT2D eigenvalue weighted by molar-refractivity contribution is 0.590. The smallest absolute Gasteiger partial charge is 0.0468 e. The standard InChI is InChI=1S/C50H42N2/c1-50(2,3)43-25-33-47(34-26-43)51(44-15-5-4-6-16-44)45-27-19-37(20-28-45)17-18-38-21-29-46(30-22-38)52(48-31-23-39-11-7-9-13-41(39)35-48)49-32-24-40-12-8-10-14-42(40)36-49/h4-36H,1-3H3/b18-17+. The minimum absolute atomic E-state index is 0.109. The summed E-state index contributed by atoms with van der Waals surface area (Å²) in [6.45, 7) is 6.76. The van der Waals surface area contributed by atoms with E-state index < -0.39 is 0 Å². The second-order valence-electron chi connectivity index (χ2n) is 14.4. The van der Waals surface area contributed by atoms with Crippen molar-refractivity contribution in [3.05, 3.63) is 205 Å². The van der Waals surface area contributed by atoms with Gasteiger partial charge in [-0.3, -0.25) is 0 Å². The number of benzene rings is 8. The zero-order valence-electron chi connectivity index (χ0n) is 29.9. The molecule has 0 aliphatic heterocycles. The maximum atomic E-state index is 2.35. The molecule has 0 aliphatic rings. The van der Waals surface area contributed by atoms with Crippen molar-refractivity contribution in [1.29, 1.82) is 0 Å². The van der Waals surface area contributed by atoms with Gasteiger partial charge in [0.1, 0.15) is 0 Å². The van der Waals surface area contributed by atoms with Crippen molar-refractivity contribution in [2.75, 3.05) is 9.80 Å². The molecule has 0 unspecified atom stereocenters. The van der Waals surface area contributed by atoms with Crippen LogP contribution in [0.25, 0.3) is 33.7 Å². The lowest BCUT2D eigenvalue weighted by atomic mass is 9.87. The topological polar surface area (TPSA) is 6.48 Å². The predicted molar refractivity (Wildman–Crippen MR) is 225 cm³/mol. The minimum Gasteiger partial charge on any atom is -0.311 e. The van der Waals surface area contributed by atoms with E-state index in [1.807, 2.05) is 0 Å². The van der Waals surface area contributed by atoms with Gasteiger partial charge in [0.2, 0.25) is 0 Å². The lowest BCUT2D eigenvalue weighted by Gasteiger charge is -2.27. The molecule has 0 N–H and O–H groups in total. The predicted octanol–water partition coefficient (Wildman–Crippen LogP) is 14.4. The van der Waals surface area contributed by atoms with Crippen LogP contribution in [0.15, 0.2) is 188 Å². The maximum Gasteiger partial charge on any atom is 0.0468 e. The van der Waals surface area contributed by atoms with E-state index in [-0.39, 0.29) is 5.41 Å². The third-order valence-corrected chi connectivity index (χ3v) is 9.76. The fourth-order valence-electron chi connectivity index (χ4n) is 6.88. The van der Waals surface area contributed by atoms with Gasteiger partial charge in [-0.2, -0.15) is 0 Å². The number of para-hydroxylation sites is 1. The van der Waals surface area contributed by atoms with Crippen LogP contribution in [0, 0.1) is 0 Å². The quantitative estimate of drug-likeness (QED) is 0.148. The van der Waals surface area contributed by atoms with E-state index in [0.29, 0.717) is 0 Å². The Morgan fingerprint density at radius 1 is 0.327 bits per heavy atom. The third kappa shape index (κ3) is 6.97. The van der Waals surface area contributed by atoms with Crippen LogP contribution in [0.4, 0.5) is 34.1 Å². The molecule has 0 saturated heterocycles. The molecule has 8 rings (SSSR count). The van der Waals surface area contributed by atoms with Gasteiger partial charge < -0.3 is 9.80 Å². The van der Waals surface area contributed by atoms with Crippen molar-refractivity contribution >= 4 is 67.8 Å². The highest BCUT2D eigenvalue weighted by atomic mass is 15.1. The average Bonchev–Trinajstić information content (AvgIpc) is 3.18. The molecule has 0 aromatic heterocycles. The Balaban J connectivity index is 1.06. The van der Waals surface area contributed by atoms with Gasteiger partial charge in [-0.25, -0.2) is 0 Å². The van der Waals surface area contributed by atoms with Gasteiger partial charge in [0.05, 0.1) is 0 Å². The molecule has 0 aliphatic carbocycles. The maximum absolute atomic E-state index is 2.35. The molecule has 0 saturated carbocycles. The first-order chi connectivity index (χ1) is 25.4. The average molecular weight is 671 g/mol. The highest BCUT2D eigenvalue weighted by Crippen LogP contribution is 2.38. The molecule has 252 valence electrons. The Labute approximate surface area is 307 Å². The van der Waals surface area contributed by atoms with Crippen molar-refractivity contribution in [2.24, 2.45) is 0 Å². The zero-order valence-corrected chi connectivity index (χ0v) is 29.9. The summed E-state index contributed by atoms with van der Waals surface area (Å²) >= 11 is 0. The zero-order chi connectivity index (χ0) is 35.5. The van der Waals surface area contributed by atoms with Crippen molar-refractivity contribution in [2.45, 2.75) is 26.2 Å². The second kappa shape index (κ2) is 14.1. The first-order valence-corrected chi connectivity index (χ1v) is 18.0. The summed E-state index contributed by atoms with van der Waals surface area (Å²) < 4.78 is 0. The third-order valence-electron chi connectivity index (χ3n) is 9.76. The van der Waals surface area contributed by atoms with E-state index in [1.165, 1.54) is 27.1 Å². The molecule has 2 nitrogen and oxygen atoms in total. The van der Waals surface area contributed by atoms with E-state index >= 15 is 0 Å². The van der Waals surface area contributed by atoms with Crippen LogP contribution in [-0.4, -0.2) is 0 Å². The van der Waals surface area contributed by atoms with E-state index in [9.17, 15) is 0 Å². The molecule has 8 aromatic carbocycles.